The van der Waals surface area contributed by atoms with Crippen LogP contribution in [0.1, 0.15) is 23.2 Å². The van der Waals surface area contributed by atoms with Crippen LogP contribution in [0.4, 0.5) is 5.69 Å². The van der Waals surface area contributed by atoms with E-state index >= 15 is 0 Å². The number of amides is 2. The largest absolute Gasteiger partial charge is 0.292 e. The van der Waals surface area contributed by atoms with Crippen LogP contribution in [0.2, 0.25) is 10.0 Å². The molecular weight excluding hydrogens is 411 g/mol. The van der Waals surface area contributed by atoms with Gasteiger partial charge in [0.2, 0.25) is 11.8 Å². The van der Waals surface area contributed by atoms with Gasteiger partial charge < -0.3 is 0 Å². The highest BCUT2D eigenvalue weighted by molar-refractivity contribution is 6.42. The van der Waals surface area contributed by atoms with Crippen LogP contribution in [0.15, 0.2) is 48.5 Å². The summed E-state index contributed by atoms with van der Waals surface area (Å²) in [4.78, 5) is 43.4. The summed E-state index contributed by atoms with van der Waals surface area (Å²) in [5.74, 6) is -1.85. The van der Waals surface area contributed by atoms with Gasteiger partial charge in [0.05, 0.1) is 33.6 Å². The zero-order valence-electron chi connectivity index (χ0n) is 15.4. The van der Waals surface area contributed by atoms with Crippen molar-refractivity contribution in [2.75, 3.05) is 11.4 Å². The van der Waals surface area contributed by atoms with E-state index in [1.54, 1.807) is 24.3 Å². The highest BCUT2D eigenvalue weighted by atomic mass is 35.5. The van der Waals surface area contributed by atoms with E-state index in [0.29, 0.717) is 16.3 Å². The van der Waals surface area contributed by atoms with E-state index in [2.05, 4.69) is 4.90 Å². The predicted molar refractivity (Wildman–Crippen MR) is 110 cm³/mol. The monoisotopic (exact) mass is 428 g/mol. The van der Waals surface area contributed by atoms with Crippen molar-refractivity contribution in [1.82, 2.24) is 4.90 Å². The van der Waals surface area contributed by atoms with Crippen LogP contribution in [0, 0.1) is 11.8 Å². The van der Waals surface area contributed by atoms with Crippen LogP contribution < -0.4 is 4.90 Å². The van der Waals surface area contributed by atoms with Crippen molar-refractivity contribution < 1.29 is 14.4 Å². The molecule has 3 aliphatic rings. The fourth-order valence-corrected chi connectivity index (χ4v) is 5.46. The fourth-order valence-electron chi connectivity index (χ4n) is 5.17. The molecule has 0 bridgehead atoms. The number of halogens is 2. The average Bonchev–Trinajstić information content (AvgIpc) is 3.37. The lowest BCUT2D eigenvalue weighted by molar-refractivity contribution is -0.123. The lowest BCUT2D eigenvalue weighted by Gasteiger charge is -2.27. The first-order chi connectivity index (χ1) is 14.0. The summed E-state index contributed by atoms with van der Waals surface area (Å²) in [6, 6.07) is 13.0. The van der Waals surface area contributed by atoms with E-state index in [1.807, 2.05) is 18.2 Å². The number of ketones is 1. The Morgan fingerprint density at radius 3 is 2.38 bits per heavy atom. The van der Waals surface area contributed by atoms with Gasteiger partial charge in [-0.1, -0.05) is 53.5 Å². The van der Waals surface area contributed by atoms with E-state index in [1.165, 1.54) is 11.0 Å². The molecule has 0 aliphatic carbocycles. The molecule has 3 saturated heterocycles. The van der Waals surface area contributed by atoms with Gasteiger partial charge in [-0.2, -0.15) is 0 Å². The molecule has 0 radical (unpaired) electrons. The van der Waals surface area contributed by atoms with Crippen molar-refractivity contribution in [3.8, 4) is 0 Å². The summed E-state index contributed by atoms with van der Waals surface area (Å²) in [5.41, 5.74) is 0.969. The standard InChI is InChI=1S/C22H18Cl2N2O3/c23-14-9-8-13(11-15(14)24)26-21(28)17-16-7-4-10-25(16)19(18(17)22(26)29)20(27)12-5-2-1-3-6-12/h1-3,5-6,8-9,11,16-19H,4,7,10H2/t16-,17+,18-,19-/m1/s1. The SMILES string of the molecule is O=C(c1ccccc1)[C@H]1[C@@H]2C(=O)N(c3ccc(Cl)c(Cl)c3)C(=O)[C@H]2[C@H]2CCCN21. The Morgan fingerprint density at radius 1 is 0.931 bits per heavy atom. The summed E-state index contributed by atoms with van der Waals surface area (Å²) < 4.78 is 0. The summed E-state index contributed by atoms with van der Waals surface area (Å²) in [6.07, 6.45) is 1.73. The molecule has 0 unspecified atom stereocenters. The molecule has 7 heteroatoms. The zero-order valence-corrected chi connectivity index (χ0v) is 16.9. The molecule has 5 rings (SSSR count). The minimum absolute atomic E-state index is 0.0816. The number of carbonyl (C=O) groups excluding carboxylic acids is 3. The summed E-state index contributed by atoms with van der Waals surface area (Å²) in [5, 5.41) is 0.634. The average molecular weight is 429 g/mol. The number of imide groups is 1. The van der Waals surface area contributed by atoms with Gasteiger partial charge in [0.1, 0.15) is 0 Å². The lowest BCUT2D eigenvalue weighted by atomic mass is 9.85. The molecule has 0 aromatic heterocycles. The van der Waals surface area contributed by atoms with Gasteiger partial charge in [0, 0.05) is 11.6 Å². The minimum Gasteiger partial charge on any atom is -0.292 e. The third kappa shape index (κ3) is 2.75. The van der Waals surface area contributed by atoms with E-state index in [4.69, 9.17) is 23.2 Å². The highest BCUT2D eigenvalue weighted by Gasteiger charge is 2.64. The van der Waals surface area contributed by atoms with Crippen molar-refractivity contribution in [1.29, 1.82) is 0 Å². The van der Waals surface area contributed by atoms with Crippen LogP contribution >= 0.6 is 23.2 Å². The van der Waals surface area contributed by atoms with Gasteiger partial charge in [-0.25, -0.2) is 4.90 Å². The quantitative estimate of drug-likeness (QED) is 0.550. The molecular formula is C22H18Cl2N2O3. The number of anilines is 1. The maximum absolute atomic E-state index is 13.4. The smallest absolute Gasteiger partial charge is 0.239 e. The maximum Gasteiger partial charge on any atom is 0.239 e. The molecule has 0 spiro atoms. The van der Waals surface area contributed by atoms with Crippen molar-refractivity contribution in [3.63, 3.8) is 0 Å². The third-order valence-corrected chi connectivity index (χ3v) is 7.08. The number of benzene rings is 2. The second-order valence-corrected chi connectivity index (χ2v) is 8.60. The van der Waals surface area contributed by atoms with Gasteiger partial charge in [-0.3, -0.25) is 19.3 Å². The molecule has 2 aromatic rings. The van der Waals surface area contributed by atoms with E-state index in [9.17, 15) is 14.4 Å². The van der Waals surface area contributed by atoms with Crippen LogP contribution in [-0.4, -0.2) is 41.1 Å². The molecule has 0 N–H and O–H groups in total. The first-order valence-corrected chi connectivity index (χ1v) is 10.4. The van der Waals surface area contributed by atoms with Gasteiger partial charge in [-0.05, 0) is 37.6 Å². The Labute approximate surface area is 178 Å². The number of rotatable bonds is 3. The molecule has 3 aliphatic heterocycles. The van der Waals surface area contributed by atoms with E-state index < -0.39 is 17.9 Å². The predicted octanol–water partition coefficient (Wildman–Crippen LogP) is 3.83. The zero-order chi connectivity index (χ0) is 20.3. The second kappa shape index (κ2) is 6.94. The molecule has 4 atom stereocenters. The third-order valence-electron chi connectivity index (χ3n) is 6.34. The van der Waals surface area contributed by atoms with Gasteiger partial charge in [0.15, 0.2) is 5.78 Å². The molecule has 2 amide bonds. The van der Waals surface area contributed by atoms with Crippen molar-refractivity contribution in [3.05, 3.63) is 64.1 Å². The number of hydrogen-bond donors (Lipinski definition) is 0. The Kier molecular flexibility index (Phi) is 4.50. The fraction of sp³-hybridized carbons (Fsp3) is 0.318. The van der Waals surface area contributed by atoms with Crippen molar-refractivity contribution in [2.45, 2.75) is 24.9 Å². The molecule has 148 valence electrons. The van der Waals surface area contributed by atoms with E-state index in [0.717, 1.165) is 19.4 Å². The number of Topliss-reactive ketones (excluding diaryl/α,β-unsaturated/α-hetero) is 1. The Morgan fingerprint density at radius 2 is 1.66 bits per heavy atom. The molecule has 3 fully saturated rings. The number of nitrogens with zero attached hydrogens (tertiary/aromatic N) is 2. The topological polar surface area (TPSA) is 57.7 Å². The van der Waals surface area contributed by atoms with E-state index in [-0.39, 0.29) is 28.7 Å². The lowest BCUT2D eigenvalue weighted by Crippen LogP contribution is -2.46. The van der Waals surface area contributed by atoms with Crippen LogP contribution in [-0.2, 0) is 9.59 Å². The van der Waals surface area contributed by atoms with Gasteiger partial charge >= 0.3 is 0 Å². The number of hydrogen-bond acceptors (Lipinski definition) is 4. The maximum atomic E-state index is 13.4. The van der Waals surface area contributed by atoms with Crippen LogP contribution in [0.3, 0.4) is 0 Å². The normalized spacial score (nSPS) is 28.7. The summed E-state index contributed by atoms with van der Waals surface area (Å²) in [7, 11) is 0. The molecule has 3 heterocycles. The minimum atomic E-state index is -0.671. The molecule has 29 heavy (non-hydrogen) atoms. The number of fused-ring (bicyclic) bond motifs is 3. The Bertz CT molecular complexity index is 1030. The molecule has 5 nitrogen and oxygen atoms in total. The number of carbonyl (C=O) groups is 3. The van der Waals surface area contributed by atoms with Crippen molar-refractivity contribution in [2.24, 2.45) is 11.8 Å². The Hall–Kier alpha value is -2.21. The first-order valence-electron chi connectivity index (χ1n) is 9.67. The highest BCUT2D eigenvalue weighted by Crippen LogP contribution is 2.48. The van der Waals surface area contributed by atoms with Gasteiger partial charge in [0.25, 0.3) is 0 Å². The van der Waals surface area contributed by atoms with Gasteiger partial charge in [-0.15, -0.1) is 0 Å². The first kappa shape index (κ1) is 18.8. The van der Waals surface area contributed by atoms with Crippen LogP contribution in [0.25, 0.3) is 0 Å². The molecule has 0 saturated carbocycles. The van der Waals surface area contributed by atoms with Crippen LogP contribution in [0.5, 0.6) is 0 Å². The second-order valence-electron chi connectivity index (χ2n) is 7.78. The van der Waals surface area contributed by atoms with Crippen molar-refractivity contribution >= 4 is 46.5 Å². The molecule has 2 aromatic carbocycles. The summed E-state index contributed by atoms with van der Waals surface area (Å²) in [6.45, 7) is 0.730. The Balaban J connectivity index is 1.56. The summed E-state index contributed by atoms with van der Waals surface area (Å²) >= 11 is 12.1.